The van der Waals surface area contributed by atoms with Crippen molar-refractivity contribution >= 4 is 15.7 Å². The fourth-order valence-electron chi connectivity index (χ4n) is 1.43. The van der Waals surface area contributed by atoms with E-state index in [0.717, 1.165) is 0 Å². The number of nitrogens with zero attached hydrogens (tertiary/aromatic N) is 1. The number of aromatic nitrogens is 1. The lowest BCUT2D eigenvalue weighted by Crippen LogP contribution is -2.12. The molecule has 0 aliphatic carbocycles. The number of sulfonamides is 1. The molecule has 1 aromatic heterocycles. The minimum absolute atomic E-state index is 0.0277. The van der Waals surface area contributed by atoms with Crippen LogP contribution in [-0.2, 0) is 10.0 Å². The van der Waals surface area contributed by atoms with Crippen LogP contribution in [0.5, 0.6) is 0 Å². The van der Waals surface area contributed by atoms with Crippen LogP contribution in [0.1, 0.15) is 12.0 Å². The van der Waals surface area contributed by atoms with E-state index < -0.39 is 10.0 Å². The minimum Gasteiger partial charge on any atom is -0.395 e. The number of rotatable bonds is 4. The molecule has 1 heterocycles. The number of benzene rings is 1. The molecule has 0 aliphatic heterocycles. The van der Waals surface area contributed by atoms with Crippen LogP contribution in [0, 0.1) is 11.8 Å². The van der Waals surface area contributed by atoms with Crippen LogP contribution in [0.3, 0.4) is 0 Å². The van der Waals surface area contributed by atoms with Crippen molar-refractivity contribution in [1.82, 2.24) is 5.16 Å². The minimum atomic E-state index is -3.70. The van der Waals surface area contributed by atoms with E-state index in [4.69, 9.17) is 5.11 Å². The number of aliphatic hydroxyl groups is 1. The van der Waals surface area contributed by atoms with E-state index in [1.165, 1.54) is 24.6 Å². The second-order valence-corrected chi connectivity index (χ2v) is 5.50. The standard InChI is InChI=1S/C13H12N2O4S/c16-7-2-1-4-11-5-3-6-13(8-11)20(17,18)15-12-9-14-19-10-12/h3,5-6,8-10,15-16H,2,7H2. The molecule has 104 valence electrons. The first-order valence-electron chi connectivity index (χ1n) is 5.74. The highest BCUT2D eigenvalue weighted by Crippen LogP contribution is 2.16. The predicted molar refractivity (Wildman–Crippen MR) is 72.3 cm³/mol. The van der Waals surface area contributed by atoms with Gasteiger partial charge in [-0.25, -0.2) is 8.42 Å². The topological polar surface area (TPSA) is 92.4 Å². The summed E-state index contributed by atoms with van der Waals surface area (Å²) in [6, 6.07) is 6.22. The van der Waals surface area contributed by atoms with Gasteiger partial charge in [-0.05, 0) is 18.2 Å². The Morgan fingerprint density at radius 3 is 2.95 bits per heavy atom. The van der Waals surface area contributed by atoms with E-state index in [2.05, 4.69) is 26.2 Å². The SMILES string of the molecule is O=S(=O)(Nc1cnoc1)c1cccc(C#CCCO)c1. The lowest BCUT2D eigenvalue weighted by atomic mass is 10.2. The molecule has 0 spiro atoms. The summed E-state index contributed by atoms with van der Waals surface area (Å²) in [6.45, 7) is -0.0277. The van der Waals surface area contributed by atoms with Crippen LogP contribution in [-0.4, -0.2) is 25.3 Å². The molecule has 0 aliphatic rings. The third kappa shape index (κ3) is 3.60. The van der Waals surface area contributed by atoms with E-state index in [0.29, 0.717) is 12.0 Å². The van der Waals surface area contributed by atoms with E-state index in [1.807, 2.05) is 0 Å². The average Bonchev–Trinajstić information content (AvgIpc) is 2.92. The van der Waals surface area contributed by atoms with Gasteiger partial charge in [0.15, 0.2) is 0 Å². The summed E-state index contributed by atoms with van der Waals surface area (Å²) < 4.78 is 31.1. The second kappa shape index (κ2) is 6.23. The quantitative estimate of drug-likeness (QED) is 0.826. The number of hydrogen-bond donors (Lipinski definition) is 2. The van der Waals surface area contributed by atoms with E-state index >= 15 is 0 Å². The molecular weight excluding hydrogens is 280 g/mol. The maximum absolute atomic E-state index is 12.1. The molecule has 7 heteroatoms. The van der Waals surface area contributed by atoms with Crippen molar-refractivity contribution in [3.05, 3.63) is 42.3 Å². The zero-order chi connectivity index (χ0) is 14.4. The van der Waals surface area contributed by atoms with Crippen LogP contribution < -0.4 is 4.72 Å². The molecule has 2 rings (SSSR count). The van der Waals surface area contributed by atoms with Gasteiger partial charge in [-0.3, -0.25) is 4.72 Å². The molecule has 0 amide bonds. The van der Waals surface area contributed by atoms with Crippen LogP contribution >= 0.6 is 0 Å². The van der Waals surface area contributed by atoms with Crippen LogP contribution in [0.4, 0.5) is 5.69 Å². The Labute approximate surface area is 116 Å². The van der Waals surface area contributed by atoms with E-state index in [9.17, 15) is 8.42 Å². The molecule has 0 unspecified atom stereocenters. The number of aliphatic hydroxyl groups excluding tert-OH is 1. The van der Waals surface area contributed by atoms with Crippen LogP contribution in [0.15, 0.2) is 46.1 Å². The molecule has 0 saturated heterocycles. The van der Waals surface area contributed by atoms with Crippen LogP contribution in [0.25, 0.3) is 0 Å². The second-order valence-electron chi connectivity index (χ2n) is 3.82. The Balaban J connectivity index is 2.24. The van der Waals surface area contributed by atoms with Gasteiger partial charge >= 0.3 is 0 Å². The lowest BCUT2D eigenvalue weighted by Gasteiger charge is -2.05. The Bertz CT molecular complexity index is 727. The third-order valence-corrected chi connectivity index (χ3v) is 3.68. The predicted octanol–water partition coefficient (Wildman–Crippen LogP) is 1.21. The fourth-order valence-corrected chi connectivity index (χ4v) is 2.50. The zero-order valence-electron chi connectivity index (χ0n) is 10.4. The molecule has 0 atom stereocenters. The monoisotopic (exact) mass is 292 g/mol. The number of nitrogens with one attached hydrogen (secondary N) is 1. The van der Waals surface area contributed by atoms with Gasteiger partial charge in [-0.1, -0.05) is 23.1 Å². The maximum atomic E-state index is 12.1. The summed E-state index contributed by atoms with van der Waals surface area (Å²) in [5, 5.41) is 12.1. The summed E-state index contributed by atoms with van der Waals surface area (Å²) in [5.74, 6) is 5.52. The summed E-state index contributed by atoms with van der Waals surface area (Å²) in [7, 11) is -3.70. The van der Waals surface area contributed by atoms with Gasteiger partial charge in [0.1, 0.15) is 12.0 Å². The van der Waals surface area contributed by atoms with Gasteiger partial charge in [0.05, 0.1) is 17.7 Å². The summed E-state index contributed by atoms with van der Waals surface area (Å²) >= 11 is 0. The van der Waals surface area contributed by atoms with Crippen molar-refractivity contribution in [3.63, 3.8) is 0 Å². The molecule has 2 aromatic rings. The third-order valence-electron chi connectivity index (χ3n) is 2.30. The Kier molecular flexibility index (Phi) is 4.40. The molecule has 0 fully saturated rings. The van der Waals surface area contributed by atoms with Crippen molar-refractivity contribution in [2.24, 2.45) is 0 Å². The van der Waals surface area contributed by atoms with Crippen molar-refractivity contribution in [2.45, 2.75) is 11.3 Å². The molecule has 0 bridgehead atoms. The van der Waals surface area contributed by atoms with Gasteiger partial charge in [-0.15, -0.1) is 0 Å². The highest BCUT2D eigenvalue weighted by molar-refractivity contribution is 7.92. The Hall–Kier alpha value is -2.30. The molecule has 6 nitrogen and oxygen atoms in total. The summed E-state index contributed by atoms with van der Waals surface area (Å²) in [6.07, 6.45) is 2.81. The first-order chi connectivity index (χ1) is 9.62. The zero-order valence-corrected chi connectivity index (χ0v) is 11.2. The highest BCUT2D eigenvalue weighted by atomic mass is 32.2. The van der Waals surface area contributed by atoms with Crippen molar-refractivity contribution in [3.8, 4) is 11.8 Å². The number of hydrogen-bond acceptors (Lipinski definition) is 5. The molecular formula is C13H12N2O4S. The molecule has 1 aromatic carbocycles. The summed E-state index contributed by atoms with van der Waals surface area (Å²) in [5.41, 5.74) is 0.813. The lowest BCUT2D eigenvalue weighted by molar-refractivity contribution is 0.305. The average molecular weight is 292 g/mol. The summed E-state index contributed by atoms with van der Waals surface area (Å²) in [4.78, 5) is 0.0921. The Morgan fingerprint density at radius 2 is 2.25 bits per heavy atom. The normalized spacial score (nSPS) is 10.7. The Morgan fingerprint density at radius 1 is 1.40 bits per heavy atom. The van der Waals surface area contributed by atoms with Crippen molar-refractivity contribution in [1.29, 1.82) is 0 Å². The van der Waals surface area contributed by atoms with Crippen molar-refractivity contribution < 1.29 is 18.0 Å². The van der Waals surface area contributed by atoms with Gasteiger partial charge in [0.25, 0.3) is 10.0 Å². The van der Waals surface area contributed by atoms with Gasteiger partial charge in [-0.2, -0.15) is 0 Å². The highest BCUT2D eigenvalue weighted by Gasteiger charge is 2.15. The van der Waals surface area contributed by atoms with Crippen LogP contribution in [0.2, 0.25) is 0 Å². The van der Waals surface area contributed by atoms with E-state index in [1.54, 1.807) is 12.1 Å². The number of anilines is 1. The molecule has 0 saturated carbocycles. The first kappa shape index (κ1) is 14.1. The molecule has 2 N–H and O–H groups in total. The van der Waals surface area contributed by atoms with Gasteiger partial charge in [0.2, 0.25) is 0 Å². The first-order valence-corrected chi connectivity index (χ1v) is 7.22. The largest absolute Gasteiger partial charge is 0.395 e. The van der Waals surface area contributed by atoms with Gasteiger partial charge in [0, 0.05) is 12.0 Å². The molecule has 0 radical (unpaired) electrons. The van der Waals surface area contributed by atoms with E-state index in [-0.39, 0.29) is 17.2 Å². The van der Waals surface area contributed by atoms with Crippen molar-refractivity contribution in [2.75, 3.05) is 11.3 Å². The smallest absolute Gasteiger partial charge is 0.262 e. The fraction of sp³-hybridized carbons (Fsp3) is 0.154. The van der Waals surface area contributed by atoms with Gasteiger partial charge < -0.3 is 9.63 Å². The molecule has 20 heavy (non-hydrogen) atoms. The maximum Gasteiger partial charge on any atom is 0.262 e.